The van der Waals surface area contributed by atoms with Crippen molar-refractivity contribution < 1.29 is 4.79 Å². The highest BCUT2D eigenvalue weighted by Crippen LogP contribution is 2.05. The van der Waals surface area contributed by atoms with Gasteiger partial charge >= 0.3 is 0 Å². The number of likely N-dealkylation sites (tertiary alicyclic amines) is 1. The van der Waals surface area contributed by atoms with Gasteiger partial charge in [-0.15, -0.1) is 0 Å². The lowest BCUT2D eigenvalue weighted by Crippen LogP contribution is -2.34. The highest BCUT2D eigenvalue weighted by molar-refractivity contribution is 5.76. The maximum absolute atomic E-state index is 11.3. The van der Waals surface area contributed by atoms with Gasteiger partial charge in [-0.3, -0.25) is 4.79 Å². The van der Waals surface area contributed by atoms with E-state index in [0.29, 0.717) is 6.42 Å². The molecule has 0 aromatic heterocycles. The third-order valence-electron chi connectivity index (χ3n) is 2.73. The van der Waals surface area contributed by atoms with Crippen LogP contribution in [0.3, 0.4) is 0 Å². The Bertz CT molecular complexity index is 179. The van der Waals surface area contributed by atoms with Gasteiger partial charge in [0.2, 0.25) is 5.91 Å². The van der Waals surface area contributed by atoms with Crippen LogP contribution >= 0.6 is 0 Å². The van der Waals surface area contributed by atoms with Crippen molar-refractivity contribution in [2.75, 3.05) is 39.3 Å². The van der Waals surface area contributed by atoms with Gasteiger partial charge in [0.15, 0.2) is 0 Å². The molecule has 4 heteroatoms. The second-order valence-corrected chi connectivity index (χ2v) is 4.00. The van der Waals surface area contributed by atoms with Crippen LogP contribution in [-0.4, -0.2) is 50.1 Å². The van der Waals surface area contributed by atoms with Crippen LogP contribution in [0.1, 0.15) is 26.2 Å². The van der Waals surface area contributed by atoms with Gasteiger partial charge in [-0.25, -0.2) is 0 Å². The van der Waals surface area contributed by atoms with E-state index in [9.17, 15) is 4.79 Å². The van der Waals surface area contributed by atoms with Crippen LogP contribution in [0.25, 0.3) is 0 Å². The van der Waals surface area contributed by atoms with Gasteiger partial charge in [-0.2, -0.15) is 0 Å². The summed E-state index contributed by atoms with van der Waals surface area (Å²) in [6.45, 7) is 7.97. The van der Waals surface area contributed by atoms with E-state index in [1.807, 2.05) is 6.92 Å². The molecule has 1 aliphatic rings. The van der Waals surface area contributed by atoms with E-state index in [2.05, 4.69) is 15.5 Å². The van der Waals surface area contributed by atoms with Gasteiger partial charge in [0, 0.05) is 26.1 Å². The smallest absolute Gasteiger partial charge is 0.221 e. The fourth-order valence-corrected chi connectivity index (χ4v) is 1.83. The van der Waals surface area contributed by atoms with E-state index in [4.69, 9.17) is 0 Å². The summed E-state index contributed by atoms with van der Waals surface area (Å²) in [6, 6.07) is 0. The molecule has 0 unspecified atom stereocenters. The first-order chi connectivity index (χ1) is 7.33. The van der Waals surface area contributed by atoms with Crippen LogP contribution in [-0.2, 0) is 4.79 Å². The lowest BCUT2D eigenvalue weighted by atomic mass is 10.4. The van der Waals surface area contributed by atoms with Crippen LogP contribution in [0.4, 0.5) is 0 Å². The van der Waals surface area contributed by atoms with Crippen LogP contribution in [0.2, 0.25) is 0 Å². The van der Waals surface area contributed by atoms with Crippen LogP contribution in [0, 0.1) is 0 Å². The largest absolute Gasteiger partial charge is 0.355 e. The molecule has 1 fully saturated rings. The fourth-order valence-electron chi connectivity index (χ4n) is 1.83. The molecule has 0 aliphatic carbocycles. The van der Waals surface area contributed by atoms with E-state index >= 15 is 0 Å². The molecule has 1 aliphatic heterocycles. The Balaban J connectivity index is 1.91. The highest BCUT2D eigenvalue weighted by Gasteiger charge is 2.10. The molecular weight excluding hydrogens is 190 g/mol. The normalized spacial score (nSPS) is 16.9. The molecule has 1 rings (SSSR count). The van der Waals surface area contributed by atoms with Crippen molar-refractivity contribution in [3.8, 4) is 0 Å². The molecule has 15 heavy (non-hydrogen) atoms. The topological polar surface area (TPSA) is 44.4 Å². The SMILES string of the molecule is CCNCCC(=O)NCCN1CCCC1. The summed E-state index contributed by atoms with van der Waals surface area (Å²) in [5.41, 5.74) is 0. The van der Waals surface area contributed by atoms with Crippen LogP contribution in [0.5, 0.6) is 0 Å². The van der Waals surface area contributed by atoms with E-state index in [0.717, 1.165) is 26.2 Å². The Kier molecular flexibility index (Phi) is 6.36. The molecule has 0 aromatic carbocycles. The van der Waals surface area contributed by atoms with Gasteiger partial charge in [0.1, 0.15) is 0 Å². The molecule has 4 nitrogen and oxygen atoms in total. The lowest BCUT2D eigenvalue weighted by molar-refractivity contribution is -0.121. The van der Waals surface area contributed by atoms with E-state index < -0.39 is 0 Å². The molecule has 2 N–H and O–H groups in total. The zero-order valence-corrected chi connectivity index (χ0v) is 9.72. The number of nitrogens with zero attached hydrogens (tertiary/aromatic N) is 1. The predicted octanol–water partition coefficient (Wildman–Crippen LogP) is 0.198. The lowest BCUT2D eigenvalue weighted by Gasteiger charge is -2.14. The quantitative estimate of drug-likeness (QED) is 0.594. The van der Waals surface area contributed by atoms with Crippen molar-refractivity contribution in [1.82, 2.24) is 15.5 Å². The standard InChI is InChI=1S/C11H23N3O/c1-2-12-6-5-11(15)13-7-10-14-8-3-4-9-14/h12H,2-10H2,1H3,(H,13,15). The summed E-state index contributed by atoms with van der Waals surface area (Å²) in [5, 5.41) is 6.09. The predicted molar refractivity (Wildman–Crippen MR) is 61.8 cm³/mol. The number of carbonyl (C=O) groups is 1. The Morgan fingerprint density at radius 3 is 2.67 bits per heavy atom. The second-order valence-electron chi connectivity index (χ2n) is 4.00. The highest BCUT2D eigenvalue weighted by atomic mass is 16.1. The van der Waals surface area contributed by atoms with E-state index in [-0.39, 0.29) is 5.91 Å². The van der Waals surface area contributed by atoms with Crippen molar-refractivity contribution >= 4 is 5.91 Å². The number of rotatable bonds is 7. The Morgan fingerprint density at radius 2 is 2.00 bits per heavy atom. The van der Waals surface area contributed by atoms with Gasteiger partial charge in [0.25, 0.3) is 0 Å². The van der Waals surface area contributed by atoms with Crippen molar-refractivity contribution in [2.24, 2.45) is 0 Å². The average molecular weight is 213 g/mol. The summed E-state index contributed by atoms with van der Waals surface area (Å²) in [5.74, 6) is 0.162. The van der Waals surface area contributed by atoms with Crippen molar-refractivity contribution in [3.63, 3.8) is 0 Å². The van der Waals surface area contributed by atoms with E-state index in [1.165, 1.54) is 25.9 Å². The fraction of sp³-hybridized carbons (Fsp3) is 0.909. The second kappa shape index (κ2) is 7.65. The minimum atomic E-state index is 0.162. The van der Waals surface area contributed by atoms with Crippen molar-refractivity contribution in [2.45, 2.75) is 26.2 Å². The summed E-state index contributed by atoms with van der Waals surface area (Å²) >= 11 is 0. The molecule has 0 radical (unpaired) electrons. The molecule has 1 saturated heterocycles. The third kappa shape index (κ3) is 5.74. The molecular formula is C11H23N3O. The van der Waals surface area contributed by atoms with Gasteiger partial charge < -0.3 is 15.5 Å². The molecule has 0 spiro atoms. The Morgan fingerprint density at radius 1 is 1.27 bits per heavy atom. The van der Waals surface area contributed by atoms with Crippen molar-refractivity contribution in [3.05, 3.63) is 0 Å². The first-order valence-corrected chi connectivity index (χ1v) is 6.02. The number of amides is 1. The molecule has 0 atom stereocenters. The third-order valence-corrected chi connectivity index (χ3v) is 2.73. The minimum Gasteiger partial charge on any atom is -0.355 e. The summed E-state index contributed by atoms with van der Waals surface area (Å²) in [6.07, 6.45) is 3.22. The monoisotopic (exact) mass is 213 g/mol. The molecule has 0 saturated carbocycles. The molecule has 1 heterocycles. The maximum atomic E-state index is 11.3. The van der Waals surface area contributed by atoms with Crippen LogP contribution in [0.15, 0.2) is 0 Å². The first-order valence-electron chi connectivity index (χ1n) is 6.02. The number of hydrogen-bond acceptors (Lipinski definition) is 3. The first kappa shape index (κ1) is 12.5. The molecule has 88 valence electrons. The molecule has 0 aromatic rings. The number of nitrogens with one attached hydrogen (secondary N) is 2. The molecule has 1 amide bonds. The Hall–Kier alpha value is -0.610. The zero-order valence-electron chi connectivity index (χ0n) is 9.72. The summed E-state index contributed by atoms with van der Waals surface area (Å²) in [7, 11) is 0. The number of carbonyl (C=O) groups excluding carboxylic acids is 1. The average Bonchev–Trinajstić information content (AvgIpc) is 2.71. The summed E-state index contributed by atoms with van der Waals surface area (Å²) < 4.78 is 0. The minimum absolute atomic E-state index is 0.162. The van der Waals surface area contributed by atoms with E-state index in [1.54, 1.807) is 0 Å². The summed E-state index contributed by atoms with van der Waals surface area (Å²) in [4.78, 5) is 13.7. The number of hydrogen-bond donors (Lipinski definition) is 2. The van der Waals surface area contributed by atoms with Gasteiger partial charge in [-0.05, 0) is 32.5 Å². The van der Waals surface area contributed by atoms with Gasteiger partial charge in [-0.1, -0.05) is 6.92 Å². The molecule has 0 bridgehead atoms. The maximum Gasteiger partial charge on any atom is 0.221 e. The van der Waals surface area contributed by atoms with Crippen molar-refractivity contribution in [1.29, 1.82) is 0 Å². The van der Waals surface area contributed by atoms with Crippen LogP contribution < -0.4 is 10.6 Å². The van der Waals surface area contributed by atoms with Gasteiger partial charge in [0.05, 0.1) is 0 Å². The Labute approximate surface area is 92.4 Å². The zero-order chi connectivity index (χ0) is 10.9.